The van der Waals surface area contributed by atoms with Gasteiger partial charge in [0.2, 0.25) is 0 Å². The molecule has 4 aromatic rings. The zero-order valence-corrected chi connectivity index (χ0v) is 27.4. The Hall–Kier alpha value is -5.15. The maximum Gasteiger partial charge on any atom is 0.317 e. The zero-order valence-electron chi connectivity index (χ0n) is 27.4. The first-order chi connectivity index (χ1) is 22.8. The predicted octanol–water partition coefficient (Wildman–Crippen LogP) is 6.31. The molecule has 1 aliphatic heterocycles. The molecule has 0 aliphatic carbocycles. The van der Waals surface area contributed by atoms with E-state index in [1.54, 1.807) is 36.2 Å². The summed E-state index contributed by atoms with van der Waals surface area (Å²) in [5, 5.41) is 5.97. The van der Waals surface area contributed by atoms with E-state index in [0.717, 1.165) is 55.7 Å². The molecule has 0 spiro atoms. The fourth-order valence-corrected chi connectivity index (χ4v) is 5.45. The van der Waals surface area contributed by atoms with Crippen molar-refractivity contribution in [3.05, 3.63) is 114 Å². The normalized spacial score (nSPS) is 13.1. The van der Waals surface area contributed by atoms with Crippen molar-refractivity contribution in [2.75, 3.05) is 63.6 Å². The quantitative estimate of drug-likeness (QED) is 0.189. The Morgan fingerprint density at radius 1 is 0.809 bits per heavy atom. The van der Waals surface area contributed by atoms with Crippen LogP contribution in [0.4, 0.5) is 16.2 Å². The highest BCUT2D eigenvalue weighted by molar-refractivity contribution is 6.09. The number of hydrogen-bond donors (Lipinski definition) is 2. The largest absolute Gasteiger partial charge is 0.491 e. The van der Waals surface area contributed by atoms with Gasteiger partial charge in [-0.2, -0.15) is 0 Å². The van der Waals surface area contributed by atoms with E-state index in [1.165, 1.54) is 0 Å². The van der Waals surface area contributed by atoms with E-state index in [1.807, 2.05) is 84.6 Å². The van der Waals surface area contributed by atoms with Gasteiger partial charge in [-0.05, 0) is 80.4 Å². The van der Waals surface area contributed by atoms with Gasteiger partial charge in [0.15, 0.2) is 0 Å². The van der Waals surface area contributed by atoms with Crippen LogP contribution in [0.3, 0.4) is 0 Å². The number of hydrogen-bond acceptors (Lipinski definition) is 5. The molecule has 0 aromatic heterocycles. The second kappa shape index (κ2) is 15.9. The van der Waals surface area contributed by atoms with Crippen LogP contribution in [0.15, 0.2) is 97.1 Å². The van der Waals surface area contributed by atoms with Crippen molar-refractivity contribution in [3.8, 4) is 16.9 Å². The Kier molecular flexibility index (Phi) is 11.2. The first-order valence-electron chi connectivity index (χ1n) is 16.1. The Balaban J connectivity index is 1.13. The summed E-state index contributed by atoms with van der Waals surface area (Å²) in [5.74, 6) is 0.192. The molecule has 5 rings (SSSR count). The standard InChI is InChI=1S/C38H43N5O4/c1-28-14-16-29(17-15-28)32-10-4-5-11-33(32)36(44)40-31-20-18-30(19-21-31)37(45)42(3)34-12-6-7-13-35(34)47-27-9-8-22-39-38(46)43-25-23-41(2)24-26-43/h4-7,10-21H,8-9,22-27H2,1-3H3,(H,39,46)(H,40,44). The Bertz CT molecular complexity index is 1660. The average Bonchev–Trinajstić information content (AvgIpc) is 3.10. The summed E-state index contributed by atoms with van der Waals surface area (Å²) in [5.41, 5.74) is 5.29. The van der Waals surface area contributed by atoms with E-state index in [0.29, 0.717) is 41.4 Å². The monoisotopic (exact) mass is 633 g/mol. The van der Waals surface area contributed by atoms with Gasteiger partial charge in [-0.15, -0.1) is 0 Å². The Morgan fingerprint density at radius 3 is 2.23 bits per heavy atom. The molecular weight excluding hydrogens is 590 g/mol. The van der Waals surface area contributed by atoms with E-state index in [9.17, 15) is 14.4 Å². The Morgan fingerprint density at radius 2 is 1.49 bits per heavy atom. The maximum atomic E-state index is 13.4. The summed E-state index contributed by atoms with van der Waals surface area (Å²) < 4.78 is 6.06. The number of urea groups is 1. The minimum Gasteiger partial charge on any atom is -0.491 e. The third kappa shape index (κ3) is 8.77. The highest BCUT2D eigenvalue weighted by Crippen LogP contribution is 2.29. The van der Waals surface area contributed by atoms with E-state index in [-0.39, 0.29) is 17.8 Å². The third-order valence-corrected chi connectivity index (χ3v) is 8.35. The van der Waals surface area contributed by atoms with Crippen LogP contribution in [0.2, 0.25) is 0 Å². The number of piperazine rings is 1. The van der Waals surface area contributed by atoms with Gasteiger partial charge in [-0.25, -0.2) is 4.79 Å². The molecule has 1 heterocycles. The van der Waals surface area contributed by atoms with E-state index < -0.39 is 0 Å². The molecule has 0 unspecified atom stereocenters. The number of para-hydroxylation sites is 2. The van der Waals surface area contributed by atoms with Gasteiger partial charge < -0.3 is 30.1 Å². The molecule has 9 nitrogen and oxygen atoms in total. The second-order valence-electron chi connectivity index (χ2n) is 11.9. The van der Waals surface area contributed by atoms with Crippen LogP contribution < -0.4 is 20.3 Å². The van der Waals surface area contributed by atoms with Crippen LogP contribution in [0.5, 0.6) is 5.75 Å². The summed E-state index contributed by atoms with van der Waals surface area (Å²) >= 11 is 0. The molecule has 0 radical (unpaired) electrons. The molecule has 4 amide bonds. The highest BCUT2D eigenvalue weighted by atomic mass is 16.5. The van der Waals surface area contributed by atoms with E-state index in [4.69, 9.17) is 4.74 Å². The number of rotatable bonds is 11. The lowest BCUT2D eigenvalue weighted by Gasteiger charge is -2.32. The summed E-state index contributed by atoms with van der Waals surface area (Å²) in [4.78, 5) is 44.7. The van der Waals surface area contributed by atoms with Crippen LogP contribution in [0.1, 0.15) is 39.1 Å². The highest BCUT2D eigenvalue weighted by Gasteiger charge is 2.20. The maximum absolute atomic E-state index is 13.4. The van der Waals surface area contributed by atoms with Crippen molar-refractivity contribution in [2.45, 2.75) is 19.8 Å². The molecule has 1 fully saturated rings. The van der Waals surface area contributed by atoms with Gasteiger partial charge in [-0.3, -0.25) is 9.59 Å². The Labute approximate surface area is 277 Å². The van der Waals surface area contributed by atoms with Crippen molar-refractivity contribution in [1.29, 1.82) is 0 Å². The third-order valence-electron chi connectivity index (χ3n) is 8.35. The van der Waals surface area contributed by atoms with Gasteiger partial charge in [0.05, 0.1) is 12.3 Å². The van der Waals surface area contributed by atoms with Gasteiger partial charge in [0.25, 0.3) is 11.8 Å². The van der Waals surface area contributed by atoms with Gasteiger partial charge in [0, 0.05) is 56.6 Å². The van der Waals surface area contributed by atoms with Crippen LogP contribution in [0, 0.1) is 6.92 Å². The summed E-state index contributed by atoms with van der Waals surface area (Å²) in [6.45, 7) is 6.37. The number of likely N-dealkylation sites (N-methyl/N-ethyl adjacent to an activating group) is 1. The molecule has 244 valence electrons. The lowest BCUT2D eigenvalue weighted by Crippen LogP contribution is -2.50. The van der Waals surface area contributed by atoms with Gasteiger partial charge in [-0.1, -0.05) is 60.2 Å². The number of aryl methyl sites for hydroxylation is 1. The fraction of sp³-hybridized carbons (Fsp3) is 0.289. The van der Waals surface area contributed by atoms with E-state index >= 15 is 0 Å². The zero-order chi connectivity index (χ0) is 33.2. The number of anilines is 2. The van der Waals surface area contributed by atoms with Crippen molar-refractivity contribution in [1.82, 2.24) is 15.1 Å². The average molecular weight is 634 g/mol. The molecule has 9 heteroatoms. The minimum atomic E-state index is -0.221. The second-order valence-corrected chi connectivity index (χ2v) is 11.9. The predicted molar refractivity (Wildman–Crippen MR) is 187 cm³/mol. The lowest BCUT2D eigenvalue weighted by atomic mass is 9.98. The number of amides is 4. The van der Waals surface area contributed by atoms with Crippen LogP contribution in [-0.2, 0) is 0 Å². The van der Waals surface area contributed by atoms with Crippen LogP contribution in [-0.4, -0.2) is 81.1 Å². The molecule has 1 saturated heterocycles. The van der Waals surface area contributed by atoms with Gasteiger partial charge >= 0.3 is 6.03 Å². The number of nitrogens with one attached hydrogen (secondary N) is 2. The first-order valence-corrected chi connectivity index (χ1v) is 16.1. The lowest BCUT2D eigenvalue weighted by molar-refractivity contribution is 0.0990. The molecule has 47 heavy (non-hydrogen) atoms. The molecule has 0 bridgehead atoms. The summed E-state index contributed by atoms with van der Waals surface area (Å²) in [6.07, 6.45) is 1.55. The number of benzene rings is 4. The summed E-state index contributed by atoms with van der Waals surface area (Å²) in [7, 11) is 3.78. The number of nitrogens with zero attached hydrogens (tertiary/aromatic N) is 3. The molecule has 4 aromatic carbocycles. The molecule has 0 saturated carbocycles. The van der Waals surface area contributed by atoms with Crippen LogP contribution >= 0.6 is 0 Å². The molecule has 1 aliphatic rings. The molecule has 0 atom stereocenters. The van der Waals surface area contributed by atoms with Crippen LogP contribution in [0.25, 0.3) is 11.1 Å². The molecular formula is C38H43N5O4. The molecule has 2 N–H and O–H groups in total. The van der Waals surface area contributed by atoms with Crippen molar-refractivity contribution >= 4 is 29.2 Å². The van der Waals surface area contributed by atoms with Gasteiger partial charge in [0.1, 0.15) is 5.75 Å². The fourth-order valence-electron chi connectivity index (χ4n) is 5.45. The number of carbonyl (C=O) groups is 3. The van der Waals surface area contributed by atoms with Crippen molar-refractivity contribution < 1.29 is 19.1 Å². The van der Waals surface area contributed by atoms with Crippen molar-refractivity contribution in [3.63, 3.8) is 0 Å². The summed E-state index contributed by atoms with van der Waals surface area (Å²) in [6, 6.07) is 29.9. The topological polar surface area (TPSA) is 94.2 Å². The number of unbranched alkanes of at least 4 members (excludes halogenated alkanes) is 1. The SMILES string of the molecule is Cc1ccc(-c2ccccc2C(=O)Nc2ccc(C(=O)N(C)c3ccccc3OCCCCNC(=O)N3CCN(C)CC3)cc2)cc1. The number of ether oxygens (including phenoxy) is 1. The first kappa shape index (κ1) is 33.2. The van der Waals surface area contributed by atoms with E-state index in [2.05, 4.69) is 22.6 Å². The minimum absolute atomic E-state index is 0.0108. The van der Waals surface area contributed by atoms with Crippen molar-refractivity contribution in [2.24, 2.45) is 0 Å². The number of carbonyl (C=O) groups excluding carboxylic acids is 3. The smallest absolute Gasteiger partial charge is 0.317 e.